The highest BCUT2D eigenvalue weighted by atomic mass is 32.2. The lowest BCUT2D eigenvalue weighted by atomic mass is 10.0. The molecule has 1 rings (SSSR count). The summed E-state index contributed by atoms with van der Waals surface area (Å²) >= 11 is 0. The summed E-state index contributed by atoms with van der Waals surface area (Å²) in [6.07, 6.45) is 0.433. The molecule has 0 unspecified atom stereocenters. The lowest BCUT2D eigenvalue weighted by Gasteiger charge is -2.38. The average molecular weight is 305 g/mol. The minimum Gasteiger partial charge on any atom is -0.314 e. The fraction of sp³-hybridized carbons (Fsp3) is 0.833. The molecule has 0 aromatic rings. The van der Waals surface area contributed by atoms with E-state index in [1.54, 1.807) is 0 Å². The smallest absolute Gasteiger partial charge is 0.247 e. The molecule has 2 amide bonds. The van der Waals surface area contributed by atoms with Crippen LogP contribution in [-0.2, 0) is 19.6 Å². The minimum atomic E-state index is -3.64. The molecule has 0 radical (unpaired) electrons. The summed E-state index contributed by atoms with van der Waals surface area (Å²) in [6.45, 7) is 7.22. The van der Waals surface area contributed by atoms with E-state index in [-0.39, 0.29) is 18.3 Å². The van der Waals surface area contributed by atoms with Gasteiger partial charge in [-0.25, -0.2) is 8.42 Å². The Balaban J connectivity index is 2.74. The van der Waals surface area contributed by atoms with Crippen LogP contribution >= 0.6 is 0 Å². The van der Waals surface area contributed by atoms with E-state index in [9.17, 15) is 18.0 Å². The van der Waals surface area contributed by atoms with E-state index in [2.05, 4.69) is 10.6 Å². The fourth-order valence-electron chi connectivity index (χ4n) is 1.96. The Morgan fingerprint density at radius 3 is 2.50 bits per heavy atom. The average Bonchev–Trinajstić information content (AvgIpc) is 2.29. The first-order chi connectivity index (χ1) is 9.07. The Morgan fingerprint density at radius 1 is 1.35 bits per heavy atom. The normalized spacial score (nSPS) is 20.2. The molecule has 0 saturated carbocycles. The third kappa shape index (κ3) is 4.00. The van der Waals surface area contributed by atoms with Crippen LogP contribution in [0, 0.1) is 0 Å². The number of nitrogens with zero attached hydrogens (tertiary/aromatic N) is 1. The summed E-state index contributed by atoms with van der Waals surface area (Å²) in [5.41, 5.74) is -1.24. The topological polar surface area (TPSA) is 95.6 Å². The largest absolute Gasteiger partial charge is 0.314 e. The molecule has 0 bridgehead atoms. The zero-order valence-electron chi connectivity index (χ0n) is 12.4. The molecule has 0 spiro atoms. The SMILES string of the molecule is CC(C)NCCCS(=O)(=O)N1CC(=O)NC(=O)C1(C)C. The number of amides is 2. The van der Waals surface area contributed by atoms with Gasteiger partial charge < -0.3 is 5.32 Å². The lowest BCUT2D eigenvalue weighted by molar-refractivity contribution is -0.141. The summed E-state index contributed by atoms with van der Waals surface area (Å²) < 4.78 is 25.6. The van der Waals surface area contributed by atoms with Crippen LogP contribution < -0.4 is 10.6 Å². The van der Waals surface area contributed by atoms with Crippen LogP contribution in [0.4, 0.5) is 0 Å². The summed E-state index contributed by atoms with van der Waals surface area (Å²) in [4.78, 5) is 23.1. The molecule has 1 aliphatic rings. The number of piperazine rings is 1. The fourth-order valence-corrected chi connectivity index (χ4v) is 3.78. The van der Waals surface area contributed by atoms with Gasteiger partial charge in [-0.05, 0) is 26.8 Å². The molecule has 116 valence electrons. The molecule has 0 aromatic heterocycles. The van der Waals surface area contributed by atoms with Crippen molar-refractivity contribution in [2.24, 2.45) is 0 Å². The van der Waals surface area contributed by atoms with Crippen molar-refractivity contribution in [2.45, 2.75) is 45.7 Å². The maximum Gasteiger partial charge on any atom is 0.247 e. The first-order valence-corrected chi connectivity index (χ1v) is 8.26. The Morgan fingerprint density at radius 2 is 1.95 bits per heavy atom. The molecule has 1 heterocycles. The second kappa shape index (κ2) is 6.19. The molecule has 20 heavy (non-hydrogen) atoms. The maximum atomic E-state index is 12.3. The quantitative estimate of drug-likeness (QED) is 0.507. The highest BCUT2D eigenvalue weighted by molar-refractivity contribution is 7.89. The zero-order valence-corrected chi connectivity index (χ0v) is 13.2. The first-order valence-electron chi connectivity index (χ1n) is 6.65. The van der Waals surface area contributed by atoms with Gasteiger partial charge in [0.15, 0.2) is 0 Å². The van der Waals surface area contributed by atoms with Gasteiger partial charge in [0, 0.05) is 6.04 Å². The van der Waals surface area contributed by atoms with Gasteiger partial charge in [-0.3, -0.25) is 14.9 Å². The Kier molecular flexibility index (Phi) is 5.28. The molecular formula is C12H23N3O4S. The van der Waals surface area contributed by atoms with E-state index in [0.717, 1.165) is 4.31 Å². The number of rotatable bonds is 6. The van der Waals surface area contributed by atoms with Crippen LogP contribution in [0.3, 0.4) is 0 Å². The number of imide groups is 1. The number of nitrogens with one attached hydrogen (secondary N) is 2. The van der Waals surface area contributed by atoms with Crippen molar-refractivity contribution in [1.29, 1.82) is 0 Å². The van der Waals surface area contributed by atoms with Crippen molar-refractivity contribution in [3.63, 3.8) is 0 Å². The number of carbonyl (C=O) groups is 2. The minimum absolute atomic E-state index is 0.0866. The summed E-state index contributed by atoms with van der Waals surface area (Å²) in [5.74, 6) is -1.26. The zero-order chi connectivity index (χ0) is 15.6. The molecule has 1 saturated heterocycles. The van der Waals surface area contributed by atoms with E-state index in [1.165, 1.54) is 13.8 Å². The Bertz CT molecular complexity index is 485. The molecule has 0 aliphatic carbocycles. The lowest BCUT2D eigenvalue weighted by Crippen LogP contribution is -2.65. The van der Waals surface area contributed by atoms with Gasteiger partial charge >= 0.3 is 0 Å². The van der Waals surface area contributed by atoms with E-state index >= 15 is 0 Å². The predicted molar refractivity (Wildman–Crippen MR) is 75.5 cm³/mol. The van der Waals surface area contributed by atoms with Gasteiger partial charge in [-0.1, -0.05) is 13.8 Å². The van der Waals surface area contributed by atoms with Crippen LogP contribution in [-0.4, -0.2) is 55.0 Å². The van der Waals surface area contributed by atoms with Crippen molar-refractivity contribution in [1.82, 2.24) is 14.9 Å². The summed E-state index contributed by atoms with van der Waals surface area (Å²) in [6, 6.07) is 0.288. The van der Waals surface area contributed by atoms with Gasteiger partial charge in [0.05, 0.1) is 12.3 Å². The summed E-state index contributed by atoms with van der Waals surface area (Å²) in [5, 5.41) is 5.29. The number of hydrogen-bond acceptors (Lipinski definition) is 5. The highest BCUT2D eigenvalue weighted by Gasteiger charge is 2.46. The van der Waals surface area contributed by atoms with Crippen molar-refractivity contribution >= 4 is 21.8 Å². The monoisotopic (exact) mass is 305 g/mol. The second-order valence-corrected chi connectivity index (χ2v) is 7.73. The molecule has 1 aliphatic heterocycles. The third-order valence-corrected chi connectivity index (χ3v) is 5.25. The molecule has 2 N–H and O–H groups in total. The van der Waals surface area contributed by atoms with Gasteiger partial charge in [0.2, 0.25) is 21.8 Å². The van der Waals surface area contributed by atoms with Crippen molar-refractivity contribution in [2.75, 3.05) is 18.8 Å². The first kappa shape index (κ1) is 17.1. The van der Waals surface area contributed by atoms with Crippen LogP contribution in [0.15, 0.2) is 0 Å². The maximum absolute atomic E-state index is 12.3. The van der Waals surface area contributed by atoms with Crippen molar-refractivity contribution in [3.05, 3.63) is 0 Å². The highest BCUT2D eigenvalue weighted by Crippen LogP contribution is 2.22. The molecule has 0 atom stereocenters. The van der Waals surface area contributed by atoms with Crippen LogP contribution in [0.1, 0.15) is 34.1 Å². The second-order valence-electron chi connectivity index (χ2n) is 5.72. The van der Waals surface area contributed by atoms with Gasteiger partial charge in [-0.15, -0.1) is 0 Å². The van der Waals surface area contributed by atoms with Gasteiger partial charge in [-0.2, -0.15) is 4.31 Å². The van der Waals surface area contributed by atoms with E-state index < -0.39 is 27.4 Å². The van der Waals surface area contributed by atoms with E-state index in [4.69, 9.17) is 0 Å². The van der Waals surface area contributed by atoms with Crippen molar-refractivity contribution in [3.8, 4) is 0 Å². The number of sulfonamides is 1. The van der Waals surface area contributed by atoms with Crippen LogP contribution in [0.25, 0.3) is 0 Å². The van der Waals surface area contributed by atoms with E-state index in [0.29, 0.717) is 13.0 Å². The standard InChI is InChI=1S/C12H23N3O4S/c1-9(2)13-6-5-7-20(18,19)15-8-10(16)14-11(17)12(15,3)4/h9,13H,5-8H2,1-4H3,(H,14,16,17). The Hall–Kier alpha value is -0.990. The van der Waals surface area contributed by atoms with Crippen molar-refractivity contribution < 1.29 is 18.0 Å². The Labute approximate surface area is 120 Å². The molecule has 7 nitrogen and oxygen atoms in total. The van der Waals surface area contributed by atoms with Crippen LogP contribution in [0.5, 0.6) is 0 Å². The van der Waals surface area contributed by atoms with Gasteiger partial charge in [0.1, 0.15) is 5.54 Å². The summed E-state index contributed by atoms with van der Waals surface area (Å²) in [7, 11) is -3.64. The number of carbonyl (C=O) groups excluding carboxylic acids is 2. The molecule has 0 aromatic carbocycles. The molecule has 1 fully saturated rings. The number of hydrogen-bond donors (Lipinski definition) is 2. The van der Waals surface area contributed by atoms with Crippen LogP contribution in [0.2, 0.25) is 0 Å². The molecular weight excluding hydrogens is 282 g/mol. The third-order valence-electron chi connectivity index (χ3n) is 3.19. The predicted octanol–water partition coefficient (Wildman–Crippen LogP) is -0.559. The molecule has 8 heteroatoms. The van der Waals surface area contributed by atoms with E-state index in [1.807, 2.05) is 13.8 Å². The van der Waals surface area contributed by atoms with Gasteiger partial charge in [0.25, 0.3) is 0 Å².